The van der Waals surface area contributed by atoms with E-state index in [1.807, 2.05) is 20.8 Å². The van der Waals surface area contributed by atoms with Crippen LogP contribution in [0.1, 0.15) is 42.9 Å². The first kappa shape index (κ1) is 23.6. The van der Waals surface area contributed by atoms with Gasteiger partial charge in [-0.3, -0.25) is 9.89 Å². The molecule has 2 atom stereocenters. The second-order valence-corrected chi connectivity index (χ2v) is 9.26. The molecule has 1 N–H and O–H groups in total. The molecule has 2 aliphatic rings. The third-order valence-corrected chi connectivity index (χ3v) is 6.74. The molecular weight excluding hydrogens is 445 g/mol. The number of aliphatic imine (C=N–C) groups is 1. The van der Waals surface area contributed by atoms with Crippen molar-refractivity contribution in [3.63, 3.8) is 0 Å². The minimum Gasteiger partial charge on any atom is -0.464 e. The average Bonchev–Trinajstić information content (AvgIpc) is 3.56. The number of rotatable bonds is 9. The maximum absolute atomic E-state index is 12.5. The van der Waals surface area contributed by atoms with Gasteiger partial charge in [0.1, 0.15) is 18.0 Å². The Hall–Kier alpha value is -3.17. The fourth-order valence-electron chi connectivity index (χ4n) is 5.03. The SMILES string of the molecule is CCOc1nc(C)c2nc(/C(C)=C/N=CCF)n(Cc3ccc(CN4CC5CC4CN5)cc3)c2n1. The number of nitrogens with zero attached hydrogens (tertiary/aromatic N) is 6. The Morgan fingerprint density at radius 3 is 2.63 bits per heavy atom. The van der Waals surface area contributed by atoms with E-state index in [0.29, 0.717) is 36.9 Å². The van der Waals surface area contributed by atoms with Crippen molar-refractivity contribution in [2.75, 3.05) is 26.4 Å². The van der Waals surface area contributed by atoms with Crippen LogP contribution >= 0.6 is 0 Å². The predicted octanol–water partition coefficient (Wildman–Crippen LogP) is 3.53. The van der Waals surface area contributed by atoms with Crippen molar-refractivity contribution in [2.24, 2.45) is 4.99 Å². The Labute approximate surface area is 205 Å². The molecule has 9 heteroatoms. The molecule has 2 saturated heterocycles. The van der Waals surface area contributed by atoms with Crippen LogP contribution in [0.25, 0.3) is 16.7 Å². The summed E-state index contributed by atoms with van der Waals surface area (Å²) in [6, 6.07) is 10.4. The molecular formula is C26H32FN7O. The van der Waals surface area contributed by atoms with Gasteiger partial charge < -0.3 is 14.6 Å². The van der Waals surface area contributed by atoms with Crippen LogP contribution in [0, 0.1) is 6.92 Å². The highest BCUT2D eigenvalue weighted by molar-refractivity contribution is 5.79. The van der Waals surface area contributed by atoms with E-state index < -0.39 is 6.67 Å². The van der Waals surface area contributed by atoms with Gasteiger partial charge in [-0.15, -0.1) is 0 Å². The number of benzene rings is 1. The first-order valence-corrected chi connectivity index (χ1v) is 12.2. The maximum atomic E-state index is 12.5. The number of nitrogens with one attached hydrogen (secondary N) is 1. The molecule has 0 aliphatic carbocycles. The highest BCUT2D eigenvalue weighted by atomic mass is 19.1. The summed E-state index contributed by atoms with van der Waals surface area (Å²) in [6.45, 7) is 9.42. The van der Waals surface area contributed by atoms with E-state index in [2.05, 4.69) is 54.0 Å². The Balaban J connectivity index is 1.45. The zero-order chi connectivity index (χ0) is 24.4. The maximum Gasteiger partial charge on any atom is 0.318 e. The summed E-state index contributed by atoms with van der Waals surface area (Å²) in [7, 11) is 0. The van der Waals surface area contributed by atoms with Crippen LogP contribution in [-0.2, 0) is 13.1 Å². The summed E-state index contributed by atoms with van der Waals surface area (Å²) in [4.78, 5) is 20.6. The lowest BCUT2D eigenvalue weighted by Gasteiger charge is -2.27. The number of halogens is 1. The van der Waals surface area contributed by atoms with Crippen molar-refractivity contribution in [3.8, 4) is 6.01 Å². The van der Waals surface area contributed by atoms with Gasteiger partial charge >= 0.3 is 6.01 Å². The van der Waals surface area contributed by atoms with Gasteiger partial charge in [0.05, 0.1) is 18.8 Å². The van der Waals surface area contributed by atoms with E-state index >= 15 is 0 Å². The van der Waals surface area contributed by atoms with Crippen LogP contribution in [0.2, 0.25) is 0 Å². The molecule has 3 aromatic rings. The zero-order valence-corrected chi connectivity index (χ0v) is 20.5. The van der Waals surface area contributed by atoms with Crippen LogP contribution in [0.3, 0.4) is 0 Å². The lowest BCUT2D eigenvalue weighted by atomic mass is 10.1. The number of hydrogen-bond acceptors (Lipinski definition) is 7. The highest BCUT2D eigenvalue weighted by Crippen LogP contribution is 2.27. The van der Waals surface area contributed by atoms with Crippen LogP contribution in [0.15, 0.2) is 35.5 Å². The number of piperazine rings is 1. The second-order valence-electron chi connectivity index (χ2n) is 9.26. The fraction of sp³-hybridized carbons (Fsp3) is 0.462. The molecule has 1 aromatic carbocycles. The molecule has 0 radical (unpaired) electrons. The van der Waals surface area contributed by atoms with Crippen molar-refractivity contribution < 1.29 is 9.13 Å². The molecule has 2 fully saturated rings. The van der Waals surface area contributed by atoms with E-state index in [4.69, 9.17) is 9.72 Å². The molecule has 0 spiro atoms. The van der Waals surface area contributed by atoms with E-state index in [1.54, 1.807) is 6.20 Å². The van der Waals surface area contributed by atoms with Gasteiger partial charge in [-0.25, -0.2) is 9.37 Å². The molecule has 2 unspecified atom stereocenters. The molecule has 2 aliphatic heterocycles. The summed E-state index contributed by atoms with van der Waals surface area (Å²) >= 11 is 0. The number of alkyl halides is 1. The van der Waals surface area contributed by atoms with Crippen molar-refractivity contribution in [2.45, 2.75) is 52.4 Å². The van der Waals surface area contributed by atoms with Gasteiger partial charge in [0.25, 0.3) is 0 Å². The van der Waals surface area contributed by atoms with Gasteiger partial charge in [-0.1, -0.05) is 24.3 Å². The first-order valence-electron chi connectivity index (χ1n) is 12.2. The number of imidazole rings is 1. The topological polar surface area (TPSA) is 80.5 Å². The molecule has 0 saturated carbocycles. The first-order chi connectivity index (χ1) is 17.1. The van der Waals surface area contributed by atoms with E-state index in [9.17, 15) is 4.39 Å². The quantitative estimate of drug-likeness (QED) is 0.475. The molecule has 35 heavy (non-hydrogen) atoms. The molecule has 5 rings (SSSR count). The summed E-state index contributed by atoms with van der Waals surface area (Å²) in [5.41, 5.74) is 5.48. The monoisotopic (exact) mass is 477 g/mol. The molecule has 8 nitrogen and oxygen atoms in total. The number of hydrogen-bond donors (Lipinski definition) is 1. The van der Waals surface area contributed by atoms with Crippen LogP contribution in [-0.4, -0.2) is 69.1 Å². The van der Waals surface area contributed by atoms with Gasteiger partial charge in [0.2, 0.25) is 0 Å². The fourth-order valence-corrected chi connectivity index (χ4v) is 5.03. The number of aryl methyl sites for hydroxylation is 1. The van der Waals surface area contributed by atoms with Crippen LogP contribution in [0.4, 0.5) is 4.39 Å². The third-order valence-electron chi connectivity index (χ3n) is 6.74. The average molecular weight is 478 g/mol. The van der Waals surface area contributed by atoms with Gasteiger partial charge in [-0.05, 0) is 38.3 Å². The Morgan fingerprint density at radius 1 is 1.20 bits per heavy atom. The van der Waals surface area contributed by atoms with Gasteiger partial charge in [0, 0.05) is 49.7 Å². The lowest BCUT2D eigenvalue weighted by molar-refractivity contribution is 0.218. The van der Waals surface area contributed by atoms with Gasteiger partial charge in [0.15, 0.2) is 5.65 Å². The molecule has 2 aromatic heterocycles. The summed E-state index contributed by atoms with van der Waals surface area (Å²) in [5, 5.41) is 3.56. The normalized spacial score (nSPS) is 20.5. The number of fused-ring (bicyclic) bond motifs is 3. The molecule has 0 amide bonds. The van der Waals surface area contributed by atoms with Crippen molar-refractivity contribution in [3.05, 3.63) is 53.1 Å². The predicted molar refractivity (Wildman–Crippen MR) is 135 cm³/mol. The largest absolute Gasteiger partial charge is 0.464 e. The molecule has 2 bridgehead atoms. The highest BCUT2D eigenvalue weighted by Gasteiger charge is 2.37. The Morgan fingerprint density at radius 2 is 1.97 bits per heavy atom. The minimum atomic E-state index is -0.607. The van der Waals surface area contributed by atoms with E-state index in [-0.39, 0.29) is 0 Å². The molecule has 184 valence electrons. The lowest BCUT2D eigenvalue weighted by Crippen LogP contribution is -2.42. The van der Waals surface area contributed by atoms with Crippen molar-refractivity contribution in [1.29, 1.82) is 0 Å². The summed E-state index contributed by atoms with van der Waals surface area (Å²) < 4.78 is 20.2. The van der Waals surface area contributed by atoms with Crippen molar-refractivity contribution >= 4 is 23.0 Å². The summed E-state index contributed by atoms with van der Waals surface area (Å²) in [6.07, 6.45) is 4.13. The second kappa shape index (κ2) is 10.2. The Bertz CT molecular complexity index is 1250. The number of ether oxygens (including phenoxy) is 1. The minimum absolute atomic E-state index is 0.340. The van der Waals surface area contributed by atoms with E-state index in [1.165, 1.54) is 18.2 Å². The van der Waals surface area contributed by atoms with Crippen LogP contribution < -0.4 is 10.1 Å². The van der Waals surface area contributed by atoms with Crippen molar-refractivity contribution in [1.82, 2.24) is 29.7 Å². The van der Waals surface area contributed by atoms with E-state index in [0.717, 1.165) is 47.8 Å². The Kier molecular flexibility index (Phi) is 6.88. The third kappa shape index (κ3) is 4.97. The summed E-state index contributed by atoms with van der Waals surface area (Å²) in [5.74, 6) is 0.728. The van der Waals surface area contributed by atoms with Gasteiger partial charge in [-0.2, -0.15) is 9.97 Å². The smallest absolute Gasteiger partial charge is 0.318 e. The number of allylic oxidation sites excluding steroid dienone is 1. The number of likely N-dealkylation sites (tertiary alicyclic amines) is 1. The zero-order valence-electron chi connectivity index (χ0n) is 20.5. The molecule has 4 heterocycles. The standard InChI is InChI=1S/C26H32FN7O/c1-4-35-26-30-18(3)23-25(32-26)34(24(31-23)17(2)12-28-10-9-27)15-20-7-5-19(6-8-20)14-33-16-21-11-22(33)13-29-21/h5-8,10,12,21-22,29H,4,9,11,13-16H2,1-3H3/b17-12+,28-10?. The van der Waals surface area contributed by atoms with Crippen LogP contribution in [0.5, 0.6) is 6.01 Å². The number of aromatic nitrogens is 4.